The summed E-state index contributed by atoms with van der Waals surface area (Å²) in [5, 5.41) is 2.82. The van der Waals surface area contributed by atoms with Crippen LogP contribution in [0.2, 0.25) is 0 Å². The van der Waals surface area contributed by atoms with E-state index in [9.17, 15) is 13.2 Å². The van der Waals surface area contributed by atoms with E-state index in [1.807, 2.05) is 49.4 Å². The minimum absolute atomic E-state index is 0.0137. The number of anilines is 2. The maximum absolute atomic E-state index is 14.0. The first-order valence-corrected chi connectivity index (χ1v) is 13.6. The van der Waals surface area contributed by atoms with Crippen molar-refractivity contribution >= 4 is 27.3 Å². The zero-order chi connectivity index (χ0) is 27.1. The van der Waals surface area contributed by atoms with Crippen molar-refractivity contribution < 1.29 is 22.7 Å². The molecule has 0 saturated carbocycles. The highest BCUT2D eigenvalue weighted by atomic mass is 32.2. The van der Waals surface area contributed by atoms with Gasteiger partial charge in [-0.25, -0.2) is 8.42 Å². The molecule has 4 aromatic carbocycles. The molecule has 7 nitrogen and oxygen atoms in total. The molecule has 0 heterocycles. The van der Waals surface area contributed by atoms with Gasteiger partial charge in [0.05, 0.1) is 18.5 Å². The number of hydrogen-bond donors (Lipinski definition) is 1. The fourth-order valence-electron chi connectivity index (χ4n) is 3.91. The number of methoxy groups -OCH3 is 1. The van der Waals surface area contributed by atoms with E-state index in [1.165, 1.54) is 7.11 Å². The molecule has 0 radical (unpaired) electrons. The van der Waals surface area contributed by atoms with Gasteiger partial charge in [0.2, 0.25) is 5.91 Å². The number of nitrogens with one attached hydrogen (secondary N) is 1. The lowest BCUT2D eigenvalue weighted by molar-refractivity contribution is -0.114. The fraction of sp³-hybridized carbons (Fsp3) is 0.167. The Balaban J connectivity index is 1.67. The molecule has 38 heavy (non-hydrogen) atoms. The minimum Gasteiger partial charge on any atom is -0.495 e. The van der Waals surface area contributed by atoms with E-state index in [0.717, 1.165) is 21.9 Å². The van der Waals surface area contributed by atoms with Gasteiger partial charge in [-0.15, -0.1) is 0 Å². The first kappa shape index (κ1) is 26.8. The molecule has 4 aromatic rings. The Morgan fingerprint density at radius 1 is 0.868 bits per heavy atom. The monoisotopic (exact) mass is 530 g/mol. The van der Waals surface area contributed by atoms with Crippen molar-refractivity contribution in [2.24, 2.45) is 0 Å². The number of aryl methyl sites for hydroxylation is 2. The lowest BCUT2D eigenvalue weighted by atomic mass is 10.1. The molecule has 0 spiro atoms. The average molecular weight is 531 g/mol. The van der Waals surface area contributed by atoms with Crippen molar-refractivity contribution in [2.45, 2.75) is 25.2 Å². The van der Waals surface area contributed by atoms with Crippen molar-refractivity contribution in [3.63, 3.8) is 0 Å². The first-order chi connectivity index (χ1) is 18.3. The number of carbonyl (C=O) groups excluding carboxylic acids is 1. The highest BCUT2D eigenvalue weighted by Gasteiger charge is 2.30. The largest absolute Gasteiger partial charge is 0.495 e. The SMILES string of the molecule is CCc1ccc(N(CC(=O)Nc2ccccc2Oc2ccccc2)S(=O)(=O)c2cc(C)ccc2OC)cc1. The maximum Gasteiger partial charge on any atom is 0.268 e. The maximum atomic E-state index is 14.0. The molecule has 0 aromatic heterocycles. The number of nitrogens with zero attached hydrogens (tertiary/aromatic N) is 1. The standard InChI is InChI=1S/C30H30N2O5S/c1-4-23-15-17-24(18-16-23)32(38(34,35)29-20-22(2)14-19-28(29)36-3)21-30(33)31-26-12-8-9-13-27(26)37-25-10-6-5-7-11-25/h5-20H,4,21H2,1-3H3,(H,31,33). The Morgan fingerprint density at radius 3 is 2.24 bits per heavy atom. The zero-order valence-electron chi connectivity index (χ0n) is 21.5. The van der Waals surface area contributed by atoms with Crippen LogP contribution in [0.4, 0.5) is 11.4 Å². The smallest absolute Gasteiger partial charge is 0.268 e. The molecule has 0 aliphatic carbocycles. The molecule has 1 N–H and O–H groups in total. The number of amides is 1. The van der Waals surface area contributed by atoms with Gasteiger partial charge in [-0.1, -0.05) is 55.5 Å². The van der Waals surface area contributed by atoms with Crippen LogP contribution < -0.4 is 19.1 Å². The van der Waals surface area contributed by atoms with E-state index in [0.29, 0.717) is 22.9 Å². The molecule has 0 atom stereocenters. The van der Waals surface area contributed by atoms with Crippen LogP contribution in [0, 0.1) is 6.92 Å². The molecule has 0 unspecified atom stereocenters. The number of sulfonamides is 1. The van der Waals surface area contributed by atoms with Gasteiger partial charge in [-0.3, -0.25) is 9.10 Å². The molecule has 0 bridgehead atoms. The number of para-hydroxylation sites is 3. The van der Waals surface area contributed by atoms with E-state index in [2.05, 4.69) is 5.32 Å². The Kier molecular flexibility index (Phi) is 8.33. The fourth-order valence-corrected chi connectivity index (χ4v) is 5.58. The quantitative estimate of drug-likeness (QED) is 0.264. The van der Waals surface area contributed by atoms with Crippen molar-refractivity contribution in [3.05, 3.63) is 108 Å². The number of hydrogen-bond acceptors (Lipinski definition) is 5. The van der Waals surface area contributed by atoms with Crippen LogP contribution in [0.15, 0.2) is 102 Å². The molecule has 0 saturated heterocycles. The molecule has 4 rings (SSSR count). The summed E-state index contributed by atoms with van der Waals surface area (Å²) in [7, 11) is -2.75. The summed E-state index contributed by atoms with van der Waals surface area (Å²) in [6.45, 7) is 3.36. The van der Waals surface area contributed by atoms with Gasteiger partial charge in [0.1, 0.15) is 22.9 Å². The number of ether oxygens (including phenoxy) is 2. The molecule has 8 heteroatoms. The Bertz CT molecular complexity index is 1500. The Hall–Kier alpha value is -4.30. The Morgan fingerprint density at radius 2 is 1.55 bits per heavy atom. The van der Waals surface area contributed by atoms with Crippen LogP contribution in [0.5, 0.6) is 17.2 Å². The molecular weight excluding hydrogens is 500 g/mol. The summed E-state index contributed by atoms with van der Waals surface area (Å²) in [4.78, 5) is 13.3. The summed E-state index contributed by atoms with van der Waals surface area (Å²) in [5.41, 5.74) is 2.60. The third kappa shape index (κ3) is 6.15. The highest BCUT2D eigenvalue weighted by molar-refractivity contribution is 7.93. The van der Waals surface area contributed by atoms with Crippen molar-refractivity contribution in [2.75, 3.05) is 23.3 Å². The van der Waals surface area contributed by atoms with E-state index in [1.54, 1.807) is 61.5 Å². The van der Waals surface area contributed by atoms with Crippen LogP contribution in [-0.2, 0) is 21.2 Å². The van der Waals surface area contributed by atoms with Gasteiger partial charge in [-0.2, -0.15) is 0 Å². The lowest BCUT2D eigenvalue weighted by Gasteiger charge is -2.25. The van der Waals surface area contributed by atoms with E-state index in [-0.39, 0.29) is 10.6 Å². The molecule has 0 aliphatic heterocycles. The molecule has 0 fully saturated rings. The molecule has 0 aliphatic rings. The zero-order valence-corrected chi connectivity index (χ0v) is 22.4. The van der Waals surface area contributed by atoms with Gasteiger partial charge in [0, 0.05) is 0 Å². The predicted molar refractivity (Wildman–Crippen MR) is 150 cm³/mol. The third-order valence-corrected chi connectivity index (χ3v) is 7.73. The van der Waals surface area contributed by atoms with E-state index < -0.39 is 22.5 Å². The summed E-state index contributed by atoms with van der Waals surface area (Å²) >= 11 is 0. The summed E-state index contributed by atoms with van der Waals surface area (Å²) in [5.74, 6) is 0.728. The van der Waals surface area contributed by atoms with Crippen LogP contribution in [0.1, 0.15) is 18.1 Å². The lowest BCUT2D eigenvalue weighted by Crippen LogP contribution is -2.38. The van der Waals surface area contributed by atoms with Gasteiger partial charge in [0.25, 0.3) is 10.0 Å². The Labute approximate surface area is 223 Å². The van der Waals surface area contributed by atoms with Gasteiger partial charge in [0.15, 0.2) is 5.75 Å². The highest BCUT2D eigenvalue weighted by Crippen LogP contribution is 2.32. The molecule has 196 valence electrons. The molecular formula is C30H30N2O5S. The summed E-state index contributed by atoms with van der Waals surface area (Å²) in [6.07, 6.45) is 0.803. The second-order valence-corrected chi connectivity index (χ2v) is 10.5. The second kappa shape index (κ2) is 11.8. The normalized spacial score (nSPS) is 11.0. The number of carbonyl (C=O) groups is 1. The van der Waals surface area contributed by atoms with Crippen LogP contribution in [0.3, 0.4) is 0 Å². The van der Waals surface area contributed by atoms with Crippen molar-refractivity contribution in [1.29, 1.82) is 0 Å². The van der Waals surface area contributed by atoms with Crippen LogP contribution in [0.25, 0.3) is 0 Å². The van der Waals surface area contributed by atoms with Gasteiger partial charge >= 0.3 is 0 Å². The average Bonchev–Trinajstić information content (AvgIpc) is 2.93. The predicted octanol–water partition coefficient (Wildman–Crippen LogP) is 6.19. The topological polar surface area (TPSA) is 84.9 Å². The molecule has 1 amide bonds. The van der Waals surface area contributed by atoms with Gasteiger partial charge < -0.3 is 14.8 Å². The van der Waals surface area contributed by atoms with E-state index >= 15 is 0 Å². The van der Waals surface area contributed by atoms with E-state index in [4.69, 9.17) is 9.47 Å². The number of benzene rings is 4. The number of rotatable bonds is 10. The van der Waals surface area contributed by atoms with Gasteiger partial charge in [-0.05, 0) is 73.0 Å². The van der Waals surface area contributed by atoms with Crippen molar-refractivity contribution in [1.82, 2.24) is 0 Å². The van der Waals surface area contributed by atoms with Crippen LogP contribution in [-0.4, -0.2) is 28.0 Å². The summed E-state index contributed by atoms with van der Waals surface area (Å²) < 4.78 is 40.3. The third-order valence-electron chi connectivity index (χ3n) is 5.94. The summed E-state index contributed by atoms with van der Waals surface area (Å²) in [6, 6.07) is 28.2. The van der Waals surface area contributed by atoms with Crippen LogP contribution >= 0.6 is 0 Å². The minimum atomic E-state index is -4.17. The first-order valence-electron chi connectivity index (χ1n) is 12.2. The van der Waals surface area contributed by atoms with Crippen molar-refractivity contribution in [3.8, 4) is 17.2 Å². The second-order valence-electron chi connectivity index (χ2n) is 8.65.